The first-order valence-corrected chi connectivity index (χ1v) is 8.06. The zero-order chi connectivity index (χ0) is 14.4. The Morgan fingerprint density at radius 3 is 2.86 bits per heavy atom. The molecular formula is C15H23ClN2O2S. The number of nitrogens with two attached hydrogens (primary N) is 1. The Balaban J connectivity index is 0.00000220. The zero-order valence-electron chi connectivity index (χ0n) is 12.2. The van der Waals surface area contributed by atoms with Crippen molar-refractivity contribution in [2.75, 3.05) is 24.3 Å². The molecule has 1 aromatic carbocycles. The molecule has 118 valence electrons. The third kappa shape index (κ3) is 5.51. The van der Waals surface area contributed by atoms with Gasteiger partial charge < -0.3 is 15.8 Å². The smallest absolute Gasteiger partial charge is 0.241 e. The molecule has 0 radical (unpaired) electrons. The Labute approximate surface area is 136 Å². The molecule has 0 aliphatic carbocycles. The molecule has 1 unspecified atom stereocenters. The van der Waals surface area contributed by atoms with Crippen molar-refractivity contribution in [3.63, 3.8) is 0 Å². The van der Waals surface area contributed by atoms with Gasteiger partial charge in [0.25, 0.3) is 0 Å². The van der Waals surface area contributed by atoms with E-state index in [1.54, 1.807) is 11.8 Å². The standard InChI is InChI=1S/C15H22N2O2S.ClH/c1-2-20-13-5-3-4-12(10-13)17-15(18)14(16)11-6-8-19-9-7-11;/h3-5,10-11,14H,2,6-9,16H2,1H3,(H,17,18);1H. The summed E-state index contributed by atoms with van der Waals surface area (Å²) in [6.45, 7) is 3.51. The number of halogens is 1. The van der Waals surface area contributed by atoms with Gasteiger partial charge in [0.05, 0.1) is 6.04 Å². The van der Waals surface area contributed by atoms with E-state index in [9.17, 15) is 4.79 Å². The van der Waals surface area contributed by atoms with Crippen molar-refractivity contribution in [3.8, 4) is 0 Å². The van der Waals surface area contributed by atoms with Crippen molar-refractivity contribution >= 4 is 35.8 Å². The quantitative estimate of drug-likeness (QED) is 0.815. The number of thioether (sulfide) groups is 1. The van der Waals surface area contributed by atoms with Gasteiger partial charge in [0.1, 0.15) is 0 Å². The second kappa shape index (κ2) is 9.30. The molecule has 0 bridgehead atoms. The molecule has 1 aliphatic heterocycles. The number of amides is 1. The van der Waals surface area contributed by atoms with Gasteiger partial charge in [0.2, 0.25) is 5.91 Å². The molecule has 1 fully saturated rings. The minimum atomic E-state index is -0.457. The summed E-state index contributed by atoms with van der Waals surface area (Å²) in [5.41, 5.74) is 6.88. The third-order valence-corrected chi connectivity index (χ3v) is 4.37. The molecule has 1 heterocycles. The van der Waals surface area contributed by atoms with Gasteiger partial charge in [0.15, 0.2) is 0 Å². The van der Waals surface area contributed by atoms with E-state index in [2.05, 4.69) is 12.2 Å². The van der Waals surface area contributed by atoms with Gasteiger partial charge in [0, 0.05) is 23.8 Å². The van der Waals surface area contributed by atoms with E-state index < -0.39 is 6.04 Å². The largest absolute Gasteiger partial charge is 0.381 e. The fraction of sp³-hybridized carbons (Fsp3) is 0.533. The summed E-state index contributed by atoms with van der Waals surface area (Å²) < 4.78 is 5.30. The topological polar surface area (TPSA) is 64.4 Å². The van der Waals surface area contributed by atoms with E-state index in [1.807, 2.05) is 24.3 Å². The van der Waals surface area contributed by atoms with Crippen LogP contribution in [0.3, 0.4) is 0 Å². The SMILES string of the molecule is CCSc1cccc(NC(=O)C(N)C2CCOCC2)c1.Cl. The van der Waals surface area contributed by atoms with Crippen LogP contribution in [0.5, 0.6) is 0 Å². The lowest BCUT2D eigenvalue weighted by Crippen LogP contribution is -2.44. The van der Waals surface area contributed by atoms with Crippen molar-refractivity contribution in [2.24, 2.45) is 11.7 Å². The Hall–Kier alpha value is -0.750. The average molecular weight is 331 g/mol. The van der Waals surface area contributed by atoms with Crippen LogP contribution in [0.1, 0.15) is 19.8 Å². The van der Waals surface area contributed by atoms with Gasteiger partial charge in [-0.2, -0.15) is 0 Å². The molecule has 1 atom stereocenters. The molecule has 0 spiro atoms. The Kier molecular flexibility index (Phi) is 8.11. The first kappa shape index (κ1) is 18.3. The minimum Gasteiger partial charge on any atom is -0.381 e. The third-order valence-electron chi connectivity index (χ3n) is 3.49. The van der Waals surface area contributed by atoms with Gasteiger partial charge in [-0.1, -0.05) is 13.0 Å². The lowest BCUT2D eigenvalue weighted by Gasteiger charge is -2.26. The maximum absolute atomic E-state index is 12.2. The van der Waals surface area contributed by atoms with Gasteiger partial charge in [-0.3, -0.25) is 4.79 Å². The van der Waals surface area contributed by atoms with Crippen molar-refractivity contribution < 1.29 is 9.53 Å². The minimum absolute atomic E-state index is 0. The van der Waals surface area contributed by atoms with Crippen molar-refractivity contribution in [1.29, 1.82) is 0 Å². The number of hydrogen-bond donors (Lipinski definition) is 2. The Morgan fingerprint density at radius 1 is 1.48 bits per heavy atom. The van der Waals surface area contributed by atoms with Crippen LogP contribution >= 0.6 is 24.2 Å². The maximum atomic E-state index is 12.2. The van der Waals surface area contributed by atoms with Gasteiger partial charge in [-0.15, -0.1) is 24.2 Å². The molecule has 3 N–H and O–H groups in total. The van der Waals surface area contributed by atoms with E-state index in [4.69, 9.17) is 10.5 Å². The lowest BCUT2D eigenvalue weighted by atomic mass is 9.92. The van der Waals surface area contributed by atoms with Crippen LogP contribution in [0.4, 0.5) is 5.69 Å². The van der Waals surface area contributed by atoms with Crippen LogP contribution in [-0.4, -0.2) is 30.9 Å². The van der Waals surface area contributed by atoms with Crippen LogP contribution in [0.25, 0.3) is 0 Å². The molecule has 1 saturated heterocycles. The molecule has 2 rings (SSSR count). The monoisotopic (exact) mass is 330 g/mol. The molecular weight excluding hydrogens is 308 g/mol. The van der Waals surface area contributed by atoms with Crippen LogP contribution in [0.15, 0.2) is 29.2 Å². The summed E-state index contributed by atoms with van der Waals surface area (Å²) in [7, 11) is 0. The fourth-order valence-electron chi connectivity index (χ4n) is 2.34. The fourth-order valence-corrected chi connectivity index (χ4v) is 3.06. The van der Waals surface area contributed by atoms with Crippen molar-refractivity contribution in [2.45, 2.75) is 30.7 Å². The summed E-state index contributed by atoms with van der Waals surface area (Å²) in [5.74, 6) is 1.13. The van der Waals surface area contributed by atoms with Crippen LogP contribution in [0.2, 0.25) is 0 Å². The molecule has 1 aliphatic rings. The highest BCUT2D eigenvalue weighted by molar-refractivity contribution is 7.99. The number of carbonyl (C=O) groups excluding carboxylic acids is 1. The molecule has 4 nitrogen and oxygen atoms in total. The summed E-state index contributed by atoms with van der Waals surface area (Å²) in [4.78, 5) is 13.4. The van der Waals surface area contributed by atoms with E-state index in [1.165, 1.54) is 0 Å². The zero-order valence-corrected chi connectivity index (χ0v) is 13.8. The summed E-state index contributed by atoms with van der Waals surface area (Å²) in [6, 6.07) is 7.42. The normalized spacial score (nSPS) is 16.9. The number of nitrogens with one attached hydrogen (secondary N) is 1. The number of rotatable bonds is 5. The second-order valence-corrected chi connectivity index (χ2v) is 6.26. The first-order valence-electron chi connectivity index (χ1n) is 7.07. The van der Waals surface area contributed by atoms with Crippen molar-refractivity contribution in [3.05, 3.63) is 24.3 Å². The summed E-state index contributed by atoms with van der Waals surface area (Å²) in [5, 5.41) is 2.92. The molecule has 0 saturated carbocycles. The van der Waals surface area contributed by atoms with Gasteiger partial charge >= 0.3 is 0 Å². The number of carbonyl (C=O) groups is 1. The molecule has 1 amide bonds. The predicted octanol–water partition coefficient (Wildman–Crippen LogP) is 2.91. The summed E-state index contributed by atoms with van der Waals surface area (Å²) in [6.07, 6.45) is 1.72. The number of hydrogen-bond acceptors (Lipinski definition) is 4. The highest BCUT2D eigenvalue weighted by Crippen LogP contribution is 2.22. The highest BCUT2D eigenvalue weighted by Gasteiger charge is 2.26. The van der Waals surface area contributed by atoms with E-state index in [-0.39, 0.29) is 24.2 Å². The van der Waals surface area contributed by atoms with Gasteiger partial charge in [-0.25, -0.2) is 0 Å². The molecule has 0 aromatic heterocycles. The second-order valence-electron chi connectivity index (χ2n) is 4.93. The van der Waals surface area contributed by atoms with Crippen LogP contribution in [0, 0.1) is 5.92 Å². The van der Waals surface area contributed by atoms with E-state index in [0.29, 0.717) is 13.2 Å². The first-order chi connectivity index (χ1) is 9.70. The predicted molar refractivity (Wildman–Crippen MR) is 90.2 cm³/mol. The highest BCUT2D eigenvalue weighted by atomic mass is 35.5. The lowest BCUT2D eigenvalue weighted by molar-refractivity contribution is -0.119. The van der Waals surface area contributed by atoms with Gasteiger partial charge in [-0.05, 0) is 42.7 Å². The molecule has 6 heteroatoms. The summed E-state index contributed by atoms with van der Waals surface area (Å²) >= 11 is 1.75. The number of anilines is 1. The molecule has 21 heavy (non-hydrogen) atoms. The van der Waals surface area contributed by atoms with E-state index in [0.717, 1.165) is 29.2 Å². The number of ether oxygens (including phenoxy) is 1. The average Bonchev–Trinajstić information content (AvgIpc) is 2.48. The van der Waals surface area contributed by atoms with Crippen LogP contribution < -0.4 is 11.1 Å². The number of benzene rings is 1. The Bertz CT molecular complexity index is 453. The van der Waals surface area contributed by atoms with Crippen LogP contribution in [-0.2, 0) is 9.53 Å². The van der Waals surface area contributed by atoms with E-state index >= 15 is 0 Å². The maximum Gasteiger partial charge on any atom is 0.241 e. The molecule has 1 aromatic rings. The van der Waals surface area contributed by atoms with Crippen molar-refractivity contribution in [1.82, 2.24) is 0 Å². The Morgan fingerprint density at radius 2 is 2.19 bits per heavy atom.